The van der Waals surface area contributed by atoms with E-state index in [2.05, 4.69) is 51.6 Å². The first-order valence-corrected chi connectivity index (χ1v) is 12.8. The molecule has 3 aromatic rings. The molecule has 0 unspecified atom stereocenters. The molecular formula is C26H33N5O2S. The third kappa shape index (κ3) is 5.98. The highest BCUT2D eigenvalue weighted by atomic mass is 32.2. The monoisotopic (exact) mass is 479 g/mol. The largest absolute Gasteiger partial charge is 0.497 e. The van der Waals surface area contributed by atoms with Crippen LogP contribution in [-0.4, -0.2) is 58.1 Å². The second kappa shape index (κ2) is 11.5. The highest BCUT2D eigenvalue weighted by Crippen LogP contribution is 2.26. The predicted molar refractivity (Wildman–Crippen MR) is 136 cm³/mol. The van der Waals surface area contributed by atoms with E-state index in [0.29, 0.717) is 12.3 Å². The Bertz CT molecular complexity index is 1080. The summed E-state index contributed by atoms with van der Waals surface area (Å²) >= 11 is 1.41. The number of rotatable bonds is 9. The molecule has 1 amide bonds. The van der Waals surface area contributed by atoms with Crippen LogP contribution in [0.25, 0.3) is 5.69 Å². The number of amides is 1. The van der Waals surface area contributed by atoms with Crippen molar-refractivity contribution < 1.29 is 9.53 Å². The van der Waals surface area contributed by atoms with Crippen LogP contribution in [0, 0.1) is 13.8 Å². The molecule has 1 aliphatic heterocycles. The number of aryl methyl sites for hydroxylation is 2. The van der Waals surface area contributed by atoms with Crippen LogP contribution in [0.15, 0.2) is 53.7 Å². The van der Waals surface area contributed by atoms with Gasteiger partial charge in [0.05, 0.1) is 18.9 Å². The Morgan fingerprint density at radius 2 is 1.74 bits per heavy atom. The maximum atomic E-state index is 12.8. The van der Waals surface area contributed by atoms with E-state index < -0.39 is 0 Å². The van der Waals surface area contributed by atoms with Gasteiger partial charge in [0.25, 0.3) is 0 Å². The molecule has 4 rings (SSSR count). The van der Waals surface area contributed by atoms with Gasteiger partial charge in [-0.1, -0.05) is 48.0 Å². The molecule has 0 bridgehead atoms. The molecule has 0 radical (unpaired) electrons. The minimum absolute atomic E-state index is 0.00312. The van der Waals surface area contributed by atoms with E-state index in [1.807, 2.05) is 35.8 Å². The molecule has 1 atom stereocenters. The first-order valence-electron chi connectivity index (χ1n) is 11.8. The molecule has 2 heterocycles. The zero-order valence-electron chi connectivity index (χ0n) is 20.2. The number of carbonyl (C=O) groups is 1. The van der Waals surface area contributed by atoms with E-state index in [0.717, 1.165) is 35.5 Å². The predicted octanol–water partition coefficient (Wildman–Crippen LogP) is 4.33. The Balaban J connectivity index is 1.39. The van der Waals surface area contributed by atoms with Crippen LogP contribution in [0.4, 0.5) is 0 Å². The van der Waals surface area contributed by atoms with Gasteiger partial charge in [-0.05, 0) is 69.6 Å². The van der Waals surface area contributed by atoms with E-state index in [1.54, 1.807) is 7.11 Å². The van der Waals surface area contributed by atoms with E-state index in [9.17, 15) is 4.79 Å². The van der Waals surface area contributed by atoms with Crippen molar-refractivity contribution in [3.63, 3.8) is 0 Å². The summed E-state index contributed by atoms with van der Waals surface area (Å²) in [5, 5.41) is 12.4. The molecule has 1 N–H and O–H groups in total. The average molecular weight is 480 g/mol. The number of benzene rings is 2. The molecule has 34 heavy (non-hydrogen) atoms. The Hall–Kier alpha value is -2.84. The van der Waals surface area contributed by atoms with Crippen LogP contribution in [0.2, 0.25) is 0 Å². The molecule has 1 fully saturated rings. The van der Waals surface area contributed by atoms with Gasteiger partial charge in [0.15, 0.2) is 5.16 Å². The van der Waals surface area contributed by atoms with Crippen LogP contribution < -0.4 is 10.1 Å². The fraction of sp³-hybridized carbons (Fsp3) is 0.423. The fourth-order valence-corrected chi connectivity index (χ4v) is 5.16. The van der Waals surface area contributed by atoms with Crippen LogP contribution >= 0.6 is 11.8 Å². The molecule has 0 aliphatic carbocycles. The van der Waals surface area contributed by atoms with Gasteiger partial charge in [-0.25, -0.2) is 0 Å². The highest BCUT2D eigenvalue weighted by Gasteiger charge is 2.23. The normalized spacial score (nSPS) is 15.1. The van der Waals surface area contributed by atoms with Crippen molar-refractivity contribution in [1.29, 1.82) is 0 Å². The minimum atomic E-state index is -0.00312. The van der Waals surface area contributed by atoms with Crippen LogP contribution in [0.3, 0.4) is 0 Å². The average Bonchev–Trinajstić information content (AvgIpc) is 3.24. The molecule has 7 nitrogen and oxygen atoms in total. The highest BCUT2D eigenvalue weighted by molar-refractivity contribution is 7.99. The molecule has 1 saturated heterocycles. The van der Waals surface area contributed by atoms with Crippen molar-refractivity contribution in [3.8, 4) is 11.4 Å². The van der Waals surface area contributed by atoms with E-state index in [1.165, 1.54) is 42.2 Å². The molecule has 0 saturated carbocycles. The first-order chi connectivity index (χ1) is 16.5. The van der Waals surface area contributed by atoms with E-state index >= 15 is 0 Å². The number of aromatic nitrogens is 3. The number of hydrogen-bond acceptors (Lipinski definition) is 6. The van der Waals surface area contributed by atoms with E-state index in [4.69, 9.17) is 4.74 Å². The van der Waals surface area contributed by atoms with Gasteiger partial charge < -0.3 is 10.1 Å². The van der Waals surface area contributed by atoms with Crippen molar-refractivity contribution in [2.45, 2.75) is 44.3 Å². The van der Waals surface area contributed by atoms with Crippen LogP contribution in [0.1, 0.15) is 42.3 Å². The van der Waals surface area contributed by atoms with Crippen molar-refractivity contribution in [2.75, 3.05) is 32.5 Å². The summed E-state index contributed by atoms with van der Waals surface area (Å²) in [4.78, 5) is 15.3. The lowest BCUT2D eigenvalue weighted by molar-refractivity contribution is -0.118. The Kier molecular flexibility index (Phi) is 8.24. The van der Waals surface area contributed by atoms with Crippen molar-refractivity contribution in [2.24, 2.45) is 0 Å². The van der Waals surface area contributed by atoms with Crippen molar-refractivity contribution in [3.05, 3.63) is 65.5 Å². The zero-order chi connectivity index (χ0) is 23.9. The summed E-state index contributed by atoms with van der Waals surface area (Å²) in [5.41, 5.74) is 3.40. The lowest BCUT2D eigenvalue weighted by Crippen LogP contribution is -2.41. The number of methoxy groups -OCH3 is 1. The van der Waals surface area contributed by atoms with Crippen LogP contribution in [0.5, 0.6) is 5.75 Å². The lowest BCUT2D eigenvalue weighted by Gasteiger charge is -2.35. The van der Waals surface area contributed by atoms with Gasteiger partial charge in [-0.3, -0.25) is 14.3 Å². The third-order valence-corrected chi connectivity index (χ3v) is 7.17. The van der Waals surface area contributed by atoms with Crippen molar-refractivity contribution >= 4 is 17.7 Å². The number of ether oxygens (including phenoxy) is 1. The fourth-order valence-electron chi connectivity index (χ4n) is 4.33. The summed E-state index contributed by atoms with van der Waals surface area (Å²) in [6, 6.07) is 16.6. The Labute approximate surface area is 205 Å². The lowest BCUT2D eigenvalue weighted by atomic mass is 10.0. The molecule has 1 aliphatic rings. The number of likely N-dealkylation sites (tertiary alicyclic amines) is 1. The second-order valence-electron chi connectivity index (χ2n) is 8.68. The summed E-state index contributed by atoms with van der Waals surface area (Å²) in [7, 11) is 1.68. The minimum Gasteiger partial charge on any atom is -0.497 e. The number of hydrogen-bond donors (Lipinski definition) is 1. The second-order valence-corrected chi connectivity index (χ2v) is 9.62. The smallest absolute Gasteiger partial charge is 0.230 e. The van der Waals surface area contributed by atoms with Gasteiger partial charge in [0.2, 0.25) is 5.91 Å². The van der Waals surface area contributed by atoms with Gasteiger partial charge in [0, 0.05) is 12.2 Å². The maximum absolute atomic E-state index is 12.8. The number of carbonyl (C=O) groups excluding carboxylic acids is 1. The van der Waals surface area contributed by atoms with Gasteiger partial charge >= 0.3 is 0 Å². The van der Waals surface area contributed by atoms with Crippen molar-refractivity contribution in [1.82, 2.24) is 25.0 Å². The van der Waals surface area contributed by atoms with E-state index in [-0.39, 0.29) is 11.9 Å². The molecule has 1 aromatic heterocycles. The molecule has 8 heteroatoms. The van der Waals surface area contributed by atoms with Gasteiger partial charge in [-0.15, -0.1) is 10.2 Å². The summed E-state index contributed by atoms with van der Waals surface area (Å²) in [6.45, 7) is 6.68. The summed E-state index contributed by atoms with van der Waals surface area (Å²) in [6.07, 6.45) is 3.67. The number of nitrogens with zero attached hydrogens (tertiary/aromatic N) is 4. The Morgan fingerprint density at radius 1 is 1.03 bits per heavy atom. The molecule has 180 valence electrons. The SMILES string of the molecule is COc1ccc([C@H](CNC(=O)CSc2nnc(C)n2-c2ccc(C)cc2)N2CCCCC2)cc1. The molecule has 2 aromatic carbocycles. The number of piperidine rings is 1. The summed E-state index contributed by atoms with van der Waals surface area (Å²) in [5.74, 6) is 1.93. The zero-order valence-corrected chi connectivity index (χ0v) is 21.0. The van der Waals surface area contributed by atoms with Gasteiger partial charge in [0.1, 0.15) is 11.6 Å². The third-order valence-electron chi connectivity index (χ3n) is 6.24. The molecular weight excluding hydrogens is 446 g/mol. The number of thioether (sulfide) groups is 1. The standard InChI is InChI=1S/C26H33N5O2S/c1-19-7-11-22(12-8-19)31-20(2)28-29-26(31)34-18-25(32)27-17-24(30-15-5-4-6-16-30)21-9-13-23(33-3)14-10-21/h7-14,24H,4-6,15-18H2,1-3H3,(H,27,32)/t24-/m0/s1. The topological polar surface area (TPSA) is 72.3 Å². The van der Waals surface area contributed by atoms with Crippen LogP contribution in [-0.2, 0) is 4.79 Å². The number of nitrogens with one attached hydrogen (secondary N) is 1. The summed E-state index contributed by atoms with van der Waals surface area (Å²) < 4.78 is 7.31. The molecule has 0 spiro atoms. The maximum Gasteiger partial charge on any atom is 0.230 e. The van der Waals surface area contributed by atoms with Gasteiger partial charge in [-0.2, -0.15) is 0 Å². The quantitative estimate of drug-likeness (QED) is 0.461. The Morgan fingerprint density at radius 3 is 2.41 bits per heavy atom. The first kappa shape index (κ1) is 24.3.